The number of halogens is 2. The van der Waals surface area contributed by atoms with Gasteiger partial charge < -0.3 is 4.90 Å². The van der Waals surface area contributed by atoms with E-state index in [0.717, 1.165) is 38.0 Å². The normalized spacial score (nSPS) is 15.7. The molecule has 0 spiro atoms. The number of rotatable bonds is 5. The van der Waals surface area contributed by atoms with Crippen LogP contribution in [-0.2, 0) is 17.8 Å². The molecule has 26 heavy (non-hydrogen) atoms. The molecule has 0 bridgehead atoms. The largest absolute Gasteiger partial charge is 0.341 e. The predicted molar refractivity (Wildman–Crippen MR) is 97.6 cm³/mol. The molecule has 1 aliphatic rings. The highest BCUT2D eigenvalue weighted by molar-refractivity contribution is 5.76. The van der Waals surface area contributed by atoms with E-state index in [1.807, 2.05) is 35.2 Å². The Bertz CT molecular complexity index is 736. The van der Waals surface area contributed by atoms with Gasteiger partial charge in [0.15, 0.2) is 11.6 Å². The molecule has 0 aromatic heterocycles. The lowest BCUT2D eigenvalue weighted by Gasteiger charge is -2.22. The van der Waals surface area contributed by atoms with Crippen molar-refractivity contribution in [1.29, 1.82) is 0 Å². The van der Waals surface area contributed by atoms with Crippen LogP contribution >= 0.6 is 0 Å². The molecule has 1 saturated heterocycles. The first-order chi connectivity index (χ1) is 12.6. The molecule has 1 amide bonds. The topological polar surface area (TPSA) is 23.6 Å². The second-order valence-electron chi connectivity index (χ2n) is 6.74. The van der Waals surface area contributed by atoms with Gasteiger partial charge in [-0.05, 0) is 36.1 Å². The maximum atomic E-state index is 13.4. The Kier molecular flexibility index (Phi) is 6.34. The van der Waals surface area contributed by atoms with Crippen LogP contribution < -0.4 is 0 Å². The summed E-state index contributed by atoms with van der Waals surface area (Å²) in [6.07, 6.45) is 2.17. The molecule has 3 nitrogen and oxygen atoms in total. The lowest BCUT2D eigenvalue weighted by Crippen LogP contribution is -2.35. The average molecular weight is 358 g/mol. The van der Waals surface area contributed by atoms with Gasteiger partial charge in [-0.2, -0.15) is 0 Å². The van der Waals surface area contributed by atoms with Crippen LogP contribution in [0.15, 0.2) is 48.5 Å². The molecular weight excluding hydrogens is 334 g/mol. The minimum atomic E-state index is -0.820. The summed E-state index contributed by atoms with van der Waals surface area (Å²) in [4.78, 5) is 16.6. The fourth-order valence-corrected chi connectivity index (χ4v) is 3.33. The zero-order chi connectivity index (χ0) is 18.4. The predicted octanol–water partition coefficient (Wildman–Crippen LogP) is 3.63. The fourth-order valence-electron chi connectivity index (χ4n) is 3.33. The van der Waals surface area contributed by atoms with Crippen molar-refractivity contribution < 1.29 is 13.6 Å². The first kappa shape index (κ1) is 18.5. The Balaban J connectivity index is 1.49. The minimum absolute atomic E-state index is 0.184. The molecular formula is C21H24F2N2O. The highest BCUT2D eigenvalue weighted by Gasteiger charge is 2.19. The molecule has 5 heteroatoms. The zero-order valence-corrected chi connectivity index (χ0v) is 14.8. The Morgan fingerprint density at radius 2 is 1.69 bits per heavy atom. The van der Waals surface area contributed by atoms with Gasteiger partial charge in [-0.1, -0.05) is 36.4 Å². The molecule has 0 N–H and O–H groups in total. The van der Waals surface area contributed by atoms with Crippen molar-refractivity contribution >= 4 is 5.91 Å². The second kappa shape index (κ2) is 8.90. The Hall–Kier alpha value is -2.27. The monoisotopic (exact) mass is 358 g/mol. The minimum Gasteiger partial charge on any atom is -0.341 e. The first-order valence-corrected chi connectivity index (χ1v) is 9.10. The smallest absolute Gasteiger partial charge is 0.222 e. The highest BCUT2D eigenvalue weighted by atomic mass is 19.2. The summed E-state index contributed by atoms with van der Waals surface area (Å²) in [5, 5.41) is 0. The van der Waals surface area contributed by atoms with E-state index in [0.29, 0.717) is 19.5 Å². The molecule has 0 aliphatic carbocycles. The zero-order valence-electron chi connectivity index (χ0n) is 14.8. The molecule has 0 unspecified atom stereocenters. The highest BCUT2D eigenvalue weighted by Crippen LogP contribution is 2.14. The quantitative estimate of drug-likeness (QED) is 0.815. The maximum Gasteiger partial charge on any atom is 0.222 e. The van der Waals surface area contributed by atoms with E-state index >= 15 is 0 Å². The van der Waals surface area contributed by atoms with Gasteiger partial charge >= 0.3 is 0 Å². The summed E-state index contributed by atoms with van der Waals surface area (Å²) in [5.74, 6) is -1.45. The number of carbonyl (C=O) groups is 1. The van der Waals surface area contributed by atoms with Crippen LogP contribution in [-0.4, -0.2) is 41.9 Å². The Morgan fingerprint density at radius 1 is 0.885 bits per heavy atom. The van der Waals surface area contributed by atoms with Gasteiger partial charge in [0.05, 0.1) is 0 Å². The molecule has 0 atom stereocenters. The SMILES string of the molecule is O=C(CCc1ccccc1)N1CCCN(Cc2ccc(F)c(F)c2)CC1. The molecule has 2 aromatic carbocycles. The van der Waals surface area contributed by atoms with E-state index in [1.165, 1.54) is 17.7 Å². The maximum absolute atomic E-state index is 13.4. The number of carbonyl (C=O) groups excluding carboxylic acids is 1. The van der Waals surface area contributed by atoms with Gasteiger partial charge in [0, 0.05) is 39.1 Å². The first-order valence-electron chi connectivity index (χ1n) is 9.10. The van der Waals surface area contributed by atoms with Gasteiger partial charge in [-0.3, -0.25) is 9.69 Å². The fraction of sp³-hybridized carbons (Fsp3) is 0.381. The van der Waals surface area contributed by atoms with E-state index in [-0.39, 0.29) is 5.91 Å². The molecule has 1 aliphatic heterocycles. The number of aryl methyl sites for hydroxylation is 1. The van der Waals surface area contributed by atoms with Crippen LogP contribution in [0.4, 0.5) is 8.78 Å². The van der Waals surface area contributed by atoms with Gasteiger partial charge in [-0.25, -0.2) is 8.78 Å². The van der Waals surface area contributed by atoms with Crippen LogP contribution in [0.25, 0.3) is 0 Å². The third kappa shape index (κ3) is 5.11. The summed E-state index contributed by atoms with van der Waals surface area (Å²) in [5.41, 5.74) is 1.93. The van der Waals surface area contributed by atoms with Crippen LogP contribution in [0.2, 0.25) is 0 Å². The molecule has 0 radical (unpaired) electrons. The summed E-state index contributed by atoms with van der Waals surface area (Å²) in [6, 6.07) is 14.1. The Morgan fingerprint density at radius 3 is 2.46 bits per heavy atom. The van der Waals surface area contributed by atoms with Crippen LogP contribution in [0.1, 0.15) is 24.0 Å². The average Bonchev–Trinajstić information content (AvgIpc) is 2.89. The number of nitrogens with zero attached hydrogens (tertiary/aromatic N) is 2. The molecule has 1 fully saturated rings. The van der Waals surface area contributed by atoms with Crippen molar-refractivity contribution in [2.45, 2.75) is 25.8 Å². The van der Waals surface area contributed by atoms with Crippen molar-refractivity contribution in [2.75, 3.05) is 26.2 Å². The molecule has 0 saturated carbocycles. The van der Waals surface area contributed by atoms with E-state index in [9.17, 15) is 13.6 Å². The van der Waals surface area contributed by atoms with E-state index in [2.05, 4.69) is 4.90 Å². The number of hydrogen-bond acceptors (Lipinski definition) is 2. The second-order valence-corrected chi connectivity index (χ2v) is 6.74. The summed E-state index contributed by atoms with van der Waals surface area (Å²) in [7, 11) is 0. The van der Waals surface area contributed by atoms with Gasteiger partial charge in [0.25, 0.3) is 0 Å². The van der Waals surface area contributed by atoms with Crippen molar-refractivity contribution in [3.05, 3.63) is 71.3 Å². The molecule has 138 valence electrons. The van der Waals surface area contributed by atoms with Crippen molar-refractivity contribution in [3.63, 3.8) is 0 Å². The lowest BCUT2D eigenvalue weighted by atomic mass is 10.1. The third-order valence-electron chi connectivity index (χ3n) is 4.80. The third-order valence-corrected chi connectivity index (χ3v) is 4.80. The summed E-state index contributed by atoms with van der Waals surface area (Å²) >= 11 is 0. The summed E-state index contributed by atoms with van der Waals surface area (Å²) < 4.78 is 26.4. The van der Waals surface area contributed by atoms with Crippen molar-refractivity contribution in [3.8, 4) is 0 Å². The lowest BCUT2D eigenvalue weighted by molar-refractivity contribution is -0.131. The van der Waals surface area contributed by atoms with Crippen LogP contribution in [0.5, 0.6) is 0 Å². The van der Waals surface area contributed by atoms with Crippen LogP contribution in [0.3, 0.4) is 0 Å². The van der Waals surface area contributed by atoms with Crippen LogP contribution in [0, 0.1) is 11.6 Å². The van der Waals surface area contributed by atoms with Gasteiger partial charge in [0.1, 0.15) is 0 Å². The van der Waals surface area contributed by atoms with Gasteiger partial charge in [-0.15, -0.1) is 0 Å². The molecule has 1 heterocycles. The Labute approximate surface area is 153 Å². The summed E-state index contributed by atoms with van der Waals surface area (Å²) in [6.45, 7) is 3.60. The van der Waals surface area contributed by atoms with Gasteiger partial charge in [0.2, 0.25) is 5.91 Å². The number of benzene rings is 2. The van der Waals surface area contributed by atoms with E-state index in [4.69, 9.17) is 0 Å². The van der Waals surface area contributed by atoms with E-state index < -0.39 is 11.6 Å². The molecule has 2 aromatic rings. The van der Waals surface area contributed by atoms with Crippen molar-refractivity contribution in [1.82, 2.24) is 9.80 Å². The standard InChI is InChI=1S/C21H24F2N2O/c22-19-9-7-18(15-20(19)23)16-24-11-4-12-25(14-13-24)21(26)10-8-17-5-2-1-3-6-17/h1-3,5-7,9,15H,4,8,10-14,16H2. The number of hydrogen-bond donors (Lipinski definition) is 0. The molecule has 3 rings (SSSR count). The van der Waals surface area contributed by atoms with E-state index in [1.54, 1.807) is 6.07 Å². The number of amides is 1. The van der Waals surface area contributed by atoms with Crippen molar-refractivity contribution in [2.24, 2.45) is 0 Å².